The van der Waals surface area contributed by atoms with Gasteiger partial charge in [-0.15, -0.1) is 0 Å². The number of carboxylic acids is 1. The molecule has 3 aromatic rings. The quantitative estimate of drug-likeness (QED) is 0.661. The average molecular weight is 215 g/mol. The fourth-order valence-corrected chi connectivity index (χ4v) is 1.47. The van der Waals surface area contributed by atoms with Crippen molar-refractivity contribution in [3.63, 3.8) is 0 Å². The monoisotopic (exact) mass is 215 g/mol. The molecule has 0 amide bonds. The zero-order valence-corrected chi connectivity index (χ0v) is 7.91. The summed E-state index contributed by atoms with van der Waals surface area (Å²) in [5, 5.41) is 17.2. The van der Waals surface area contributed by atoms with Gasteiger partial charge in [0.2, 0.25) is 5.76 Å². The van der Waals surface area contributed by atoms with Crippen molar-refractivity contribution in [2.24, 2.45) is 0 Å². The average Bonchev–Trinajstić information content (AvgIpc) is 2.71. The first kappa shape index (κ1) is 8.78. The van der Waals surface area contributed by atoms with Crippen molar-refractivity contribution >= 4 is 28.0 Å². The highest BCUT2D eigenvalue weighted by atomic mass is 16.4. The summed E-state index contributed by atoms with van der Waals surface area (Å²) in [6.07, 6.45) is 2.79. The summed E-state index contributed by atoms with van der Waals surface area (Å²) in [4.78, 5) is 14.7. The Hall–Kier alpha value is -2.50. The van der Waals surface area contributed by atoms with Crippen LogP contribution in [0.4, 0.5) is 0 Å². The van der Waals surface area contributed by atoms with Crippen LogP contribution in [-0.4, -0.2) is 26.3 Å². The van der Waals surface area contributed by atoms with Gasteiger partial charge >= 0.3 is 5.97 Å². The van der Waals surface area contributed by atoms with Crippen molar-refractivity contribution in [2.75, 3.05) is 0 Å². The minimum Gasteiger partial charge on any atom is -0.475 e. The zero-order chi connectivity index (χ0) is 11.1. The highest BCUT2D eigenvalue weighted by molar-refractivity contribution is 5.92. The second-order valence-electron chi connectivity index (χ2n) is 3.25. The Balaban J connectivity index is 2.37. The number of carboxylic acid groups (broad SMARTS) is 1. The van der Waals surface area contributed by atoms with Crippen molar-refractivity contribution in [2.45, 2.75) is 0 Å². The number of fused-ring (bicyclic) bond motifs is 2. The van der Waals surface area contributed by atoms with Crippen LogP contribution in [-0.2, 0) is 0 Å². The van der Waals surface area contributed by atoms with Crippen LogP contribution < -0.4 is 0 Å². The van der Waals surface area contributed by atoms with E-state index in [1.807, 2.05) is 0 Å². The van der Waals surface area contributed by atoms with Crippen LogP contribution in [0, 0.1) is 0 Å². The van der Waals surface area contributed by atoms with Crippen LogP contribution in [0.2, 0.25) is 0 Å². The van der Waals surface area contributed by atoms with Gasteiger partial charge in [-0.3, -0.25) is 0 Å². The lowest BCUT2D eigenvalue weighted by atomic mass is 10.2. The standard InChI is InChI=1S/C10H5N3O3/c14-10(15)9-4-11-7-1-5-3-12-13-6(5)2-8(7)16-9/h1-4H,(H,14,15). The summed E-state index contributed by atoms with van der Waals surface area (Å²) in [6, 6.07) is 3.37. The summed E-state index contributed by atoms with van der Waals surface area (Å²) in [5.41, 5.74) is 1.61. The molecular formula is C10H5N3O3. The van der Waals surface area contributed by atoms with Crippen LogP contribution in [0.1, 0.15) is 10.6 Å². The van der Waals surface area contributed by atoms with Crippen molar-refractivity contribution in [3.8, 4) is 0 Å². The number of aromatic nitrogens is 3. The number of nitrogens with zero attached hydrogens (tertiary/aromatic N) is 3. The molecule has 0 radical (unpaired) electrons. The molecule has 0 fully saturated rings. The molecule has 0 saturated carbocycles. The number of carbonyl (C=O) groups is 1. The van der Waals surface area contributed by atoms with E-state index in [0.29, 0.717) is 16.6 Å². The molecule has 0 aliphatic rings. The Morgan fingerprint density at radius 1 is 1.25 bits per heavy atom. The molecule has 0 atom stereocenters. The van der Waals surface area contributed by atoms with Gasteiger partial charge in [-0.2, -0.15) is 10.2 Å². The third-order valence-electron chi connectivity index (χ3n) is 2.22. The van der Waals surface area contributed by atoms with E-state index < -0.39 is 5.97 Å². The molecule has 3 rings (SSSR count). The first-order valence-corrected chi connectivity index (χ1v) is 4.48. The van der Waals surface area contributed by atoms with Crippen LogP contribution in [0.5, 0.6) is 0 Å². The molecule has 6 heteroatoms. The lowest BCUT2D eigenvalue weighted by molar-refractivity contribution is 0.0662. The smallest absolute Gasteiger partial charge is 0.373 e. The minimum absolute atomic E-state index is 0.202. The molecule has 2 aromatic heterocycles. The largest absolute Gasteiger partial charge is 0.475 e. The van der Waals surface area contributed by atoms with E-state index in [2.05, 4.69) is 15.2 Å². The van der Waals surface area contributed by atoms with Gasteiger partial charge in [0.25, 0.3) is 0 Å². The van der Waals surface area contributed by atoms with Crippen molar-refractivity contribution in [3.05, 3.63) is 30.3 Å². The van der Waals surface area contributed by atoms with E-state index in [4.69, 9.17) is 9.52 Å². The molecule has 0 unspecified atom stereocenters. The van der Waals surface area contributed by atoms with E-state index in [-0.39, 0.29) is 5.76 Å². The van der Waals surface area contributed by atoms with Gasteiger partial charge in [-0.05, 0) is 6.07 Å². The fraction of sp³-hybridized carbons (Fsp3) is 0. The molecule has 0 aliphatic carbocycles. The van der Waals surface area contributed by atoms with E-state index in [1.54, 1.807) is 18.3 Å². The normalized spacial score (nSPS) is 11.0. The highest BCUT2D eigenvalue weighted by Gasteiger charge is 2.09. The topological polar surface area (TPSA) is 89.1 Å². The number of aromatic carboxylic acids is 1. The summed E-state index contributed by atoms with van der Waals surface area (Å²) >= 11 is 0. The number of hydrogen-bond donors (Lipinski definition) is 1. The Kier molecular flexibility index (Phi) is 1.64. The van der Waals surface area contributed by atoms with Crippen molar-refractivity contribution in [1.29, 1.82) is 0 Å². The number of benzene rings is 1. The molecule has 78 valence electrons. The summed E-state index contributed by atoms with van der Waals surface area (Å²) in [5.74, 6) is -1.35. The van der Waals surface area contributed by atoms with Crippen molar-refractivity contribution in [1.82, 2.24) is 15.2 Å². The van der Waals surface area contributed by atoms with Gasteiger partial charge in [-0.1, -0.05) is 0 Å². The maximum Gasteiger partial charge on any atom is 0.373 e. The van der Waals surface area contributed by atoms with E-state index >= 15 is 0 Å². The van der Waals surface area contributed by atoms with Crippen LogP contribution >= 0.6 is 0 Å². The van der Waals surface area contributed by atoms with Crippen LogP contribution in [0.3, 0.4) is 0 Å². The molecule has 0 aliphatic heterocycles. The van der Waals surface area contributed by atoms with Crippen LogP contribution in [0.25, 0.3) is 22.0 Å². The van der Waals surface area contributed by atoms with Crippen molar-refractivity contribution < 1.29 is 14.3 Å². The molecule has 16 heavy (non-hydrogen) atoms. The maximum atomic E-state index is 10.7. The molecule has 0 bridgehead atoms. The zero-order valence-electron chi connectivity index (χ0n) is 7.91. The second-order valence-corrected chi connectivity index (χ2v) is 3.25. The molecule has 0 spiro atoms. The maximum absolute atomic E-state index is 10.7. The van der Waals surface area contributed by atoms with Gasteiger partial charge in [0.1, 0.15) is 5.52 Å². The third kappa shape index (κ3) is 1.20. The molecule has 1 N–H and O–H groups in total. The van der Waals surface area contributed by atoms with Gasteiger partial charge in [0.05, 0.1) is 17.9 Å². The SMILES string of the molecule is O=C(O)c1cnc2cc3cnnc3cc2o1. The summed E-state index contributed by atoms with van der Waals surface area (Å²) in [7, 11) is 0. The molecule has 6 nitrogen and oxygen atoms in total. The Bertz CT molecular complexity index is 705. The lowest BCUT2D eigenvalue weighted by Crippen LogP contribution is -1.96. The van der Waals surface area contributed by atoms with Gasteiger partial charge in [0.15, 0.2) is 5.58 Å². The first-order chi connectivity index (χ1) is 7.74. The predicted octanol–water partition coefficient (Wildman–Crippen LogP) is 1.47. The Morgan fingerprint density at radius 3 is 2.94 bits per heavy atom. The van der Waals surface area contributed by atoms with Gasteiger partial charge < -0.3 is 9.52 Å². The fourth-order valence-electron chi connectivity index (χ4n) is 1.47. The number of hydrogen-bond acceptors (Lipinski definition) is 5. The van der Waals surface area contributed by atoms with E-state index in [9.17, 15) is 4.79 Å². The summed E-state index contributed by atoms with van der Waals surface area (Å²) in [6.45, 7) is 0. The van der Waals surface area contributed by atoms with E-state index in [0.717, 1.165) is 5.39 Å². The minimum atomic E-state index is -1.15. The Morgan fingerprint density at radius 2 is 2.12 bits per heavy atom. The molecule has 0 saturated heterocycles. The Labute approximate surface area is 88.5 Å². The molecule has 1 aromatic carbocycles. The molecule has 2 heterocycles. The van der Waals surface area contributed by atoms with Gasteiger partial charge in [-0.25, -0.2) is 9.78 Å². The lowest BCUT2D eigenvalue weighted by Gasteiger charge is -1.98. The summed E-state index contributed by atoms with van der Waals surface area (Å²) < 4.78 is 5.17. The molecular weight excluding hydrogens is 210 g/mol. The first-order valence-electron chi connectivity index (χ1n) is 4.48. The third-order valence-corrected chi connectivity index (χ3v) is 2.22. The predicted molar refractivity (Wildman–Crippen MR) is 54.1 cm³/mol. The van der Waals surface area contributed by atoms with E-state index in [1.165, 1.54) is 6.20 Å². The second kappa shape index (κ2) is 2.99. The van der Waals surface area contributed by atoms with Gasteiger partial charge in [0, 0.05) is 11.5 Å². The van der Waals surface area contributed by atoms with Crippen LogP contribution in [0.15, 0.2) is 28.9 Å². The highest BCUT2D eigenvalue weighted by Crippen LogP contribution is 2.20. The number of rotatable bonds is 1.